The van der Waals surface area contributed by atoms with Gasteiger partial charge in [0, 0.05) is 25.2 Å². The van der Waals surface area contributed by atoms with E-state index in [4.69, 9.17) is 0 Å². The summed E-state index contributed by atoms with van der Waals surface area (Å²) in [4.78, 5) is 12.9. The Morgan fingerprint density at radius 2 is 2.13 bits per heavy atom. The summed E-state index contributed by atoms with van der Waals surface area (Å²) in [6.45, 7) is 5.10. The summed E-state index contributed by atoms with van der Waals surface area (Å²) in [5, 5.41) is 2.66. The second-order valence-electron chi connectivity index (χ2n) is 4.41. The zero-order valence-electron chi connectivity index (χ0n) is 9.20. The van der Waals surface area contributed by atoms with E-state index in [1.165, 1.54) is 0 Å². The van der Waals surface area contributed by atoms with Crippen molar-refractivity contribution in [3.8, 4) is 0 Å². The molecule has 0 unspecified atom stereocenters. The first-order valence-electron chi connectivity index (χ1n) is 4.71. The number of amides is 2. The van der Waals surface area contributed by atoms with E-state index < -0.39 is 15.6 Å². The first-order chi connectivity index (χ1) is 6.70. The van der Waals surface area contributed by atoms with Crippen LogP contribution in [-0.4, -0.2) is 50.8 Å². The third-order valence-corrected chi connectivity index (χ3v) is 2.92. The van der Waals surface area contributed by atoms with E-state index in [-0.39, 0.29) is 6.03 Å². The molecule has 2 N–H and O–H groups in total. The van der Waals surface area contributed by atoms with Crippen LogP contribution in [0.4, 0.5) is 4.79 Å². The van der Waals surface area contributed by atoms with Crippen LogP contribution in [0.1, 0.15) is 13.8 Å². The van der Waals surface area contributed by atoms with Crippen LogP contribution in [0.3, 0.4) is 0 Å². The topological polar surface area (TPSA) is 78.5 Å². The minimum atomic E-state index is -3.25. The number of carbonyl (C=O) groups excluding carboxylic acids is 1. The summed E-state index contributed by atoms with van der Waals surface area (Å²) < 4.78 is 24.6. The summed E-state index contributed by atoms with van der Waals surface area (Å²) >= 11 is 0. The molecule has 0 spiro atoms. The van der Waals surface area contributed by atoms with Crippen LogP contribution in [0, 0.1) is 0 Å². The Morgan fingerprint density at radius 3 is 2.53 bits per heavy atom. The van der Waals surface area contributed by atoms with Gasteiger partial charge in [0.1, 0.15) is 0 Å². The highest BCUT2D eigenvalue weighted by molar-refractivity contribution is 7.88. The van der Waals surface area contributed by atoms with Gasteiger partial charge in [-0.25, -0.2) is 17.9 Å². The highest BCUT2D eigenvalue weighted by Gasteiger charge is 2.29. The lowest BCUT2D eigenvalue weighted by Gasteiger charge is -2.29. The summed E-state index contributed by atoms with van der Waals surface area (Å²) in [6.07, 6.45) is 1.11. The van der Waals surface area contributed by atoms with Crippen molar-refractivity contribution in [3.05, 3.63) is 0 Å². The number of nitrogens with one attached hydrogen (secondary N) is 2. The standard InChI is InChI=1S/C8H17N3O3S/c1-8(2,10-15(3,13)14)6-11-5-4-9-7(11)12/h10H,4-6H2,1-3H3,(H,9,12). The first-order valence-corrected chi connectivity index (χ1v) is 6.60. The van der Waals surface area contributed by atoms with E-state index in [0.29, 0.717) is 19.6 Å². The minimum absolute atomic E-state index is 0.140. The van der Waals surface area contributed by atoms with E-state index in [0.717, 1.165) is 6.26 Å². The Balaban J connectivity index is 2.59. The van der Waals surface area contributed by atoms with Gasteiger partial charge in [-0.1, -0.05) is 0 Å². The molecule has 1 rings (SSSR count). The lowest BCUT2D eigenvalue weighted by atomic mass is 10.1. The average Bonchev–Trinajstić information content (AvgIpc) is 2.29. The third kappa shape index (κ3) is 4.05. The number of hydrogen-bond acceptors (Lipinski definition) is 3. The molecule has 0 atom stereocenters. The Labute approximate surface area is 90.1 Å². The maximum absolute atomic E-state index is 11.3. The van der Waals surface area contributed by atoms with Gasteiger partial charge in [-0.15, -0.1) is 0 Å². The quantitative estimate of drug-likeness (QED) is 0.679. The van der Waals surface area contributed by atoms with Gasteiger partial charge in [0.15, 0.2) is 0 Å². The van der Waals surface area contributed by atoms with Crippen molar-refractivity contribution in [2.75, 3.05) is 25.9 Å². The third-order valence-electron chi connectivity index (χ3n) is 1.99. The maximum Gasteiger partial charge on any atom is 0.317 e. The molecule has 1 aliphatic heterocycles. The van der Waals surface area contributed by atoms with Gasteiger partial charge in [-0.05, 0) is 13.8 Å². The van der Waals surface area contributed by atoms with Crippen molar-refractivity contribution in [3.63, 3.8) is 0 Å². The highest BCUT2D eigenvalue weighted by Crippen LogP contribution is 2.09. The van der Waals surface area contributed by atoms with Gasteiger partial charge in [0.2, 0.25) is 10.0 Å². The highest BCUT2D eigenvalue weighted by atomic mass is 32.2. The summed E-state index contributed by atoms with van der Waals surface area (Å²) in [7, 11) is -3.25. The predicted octanol–water partition coefficient (Wildman–Crippen LogP) is -0.661. The van der Waals surface area contributed by atoms with E-state index >= 15 is 0 Å². The summed E-state index contributed by atoms with van der Waals surface area (Å²) in [6, 6.07) is -0.140. The van der Waals surface area contributed by atoms with Crippen molar-refractivity contribution in [2.45, 2.75) is 19.4 Å². The fraction of sp³-hybridized carbons (Fsp3) is 0.875. The molecule has 1 saturated heterocycles. The molecular weight excluding hydrogens is 218 g/mol. The molecule has 0 aromatic heterocycles. The predicted molar refractivity (Wildman–Crippen MR) is 57.0 cm³/mol. The molecule has 0 aliphatic carbocycles. The second kappa shape index (κ2) is 3.97. The first kappa shape index (κ1) is 12.3. The van der Waals surface area contributed by atoms with Gasteiger partial charge in [-0.3, -0.25) is 0 Å². The van der Waals surface area contributed by atoms with E-state index in [1.54, 1.807) is 18.7 Å². The van der Waals surface area contributed by atoms with Crippen LogP contribution >= 0.6 is 0 Å². The summed E-state index contributed by atoms with van der Waals surface area (Å²) in [5.41, 5.74) is -0.644. The van der Waals surface area contributed by atoms with Crippen molar-refractivity contribution >= 4 is 16.1 Å². The van der Waals surface area contributed by atoms with E-state index in [1.807, 2.05) is 0 Å². The lowest BCUT2D eigenvalue weighted by Crippen LogP contribution is -2.51. The zero-order valence-corrected chi connectivity index (χ0v) is 10.0. The number of carbonyl (C=O) groups is 1. The second-order valence-corrected chi connectivity index (χ2v) is 6.16. The van der Waals surface area contributed by atoms with Crippen LogP contribution in [0.25, 0.3) is 0 Å². The molecule has 6 nitrogen and oxygen atoms in total. The Kier molecular flexibility index (Phi) is 3.25. The van der Waals surface area contributed by atoms with Crippen LogP contribution in [0.5, 0.6) is 0 Å². The molecule has 0 saturated carbocycles. The van der Waals surface area contributed by atoms with E-state index in [9.17, 15) is 13.2 Å². The lowest BCUT2D eigenvalue weighted by molar-refractivity contribution is 0.204. The monoisotopic (exact) mass is 235 g/mol. The van der Waals surface area contributed by atoms with Gasteiger partial charge < -0.3 is 10.2 Å². The molecule has 0 radical (unpaired) electrons. The van der Waals surface area contributed by atoms with Crippen LogP contribution in [0.15, 0.2) is 0 Å². The van der Waals surface area contributed by atoms with Crippen LogP contribution < -0.4 is 10.0 Å². The van der Waals surface area contributed by atoms with E-state index in [2.05, 4.69) is 10.0 Å². The zero-order chi connectivity index (χ0) is 11.7. The van der Waals surface area contributed by atoms with Crippen LogP contribution in [-0.2, 0) is 10.0 Å². The van der Waals surface area contributed by atoms with Gasteiger partial charge in [0.25, 0.3) is 0 Å². The smallest absolute Gasteiger partial charge is 0.317 e. The molecule has 0 aromatic carbocycles. The molecule has 88 valence electrons. The Morgan fingerprint density at radius 1 is 1.53 bits per heavy atom. The average molecular weight is 235 g/mol. The molecule has 1 heterocycles. The van der Waals surface area contributed by atoms with Gasteiger partial charge in [0.05, 0.1) is 6.26 Å². The van der Waals surface area contributed by atoms with Gasteiger partial charge >= 0.3 is 6.03 Å². The van der Waals surface area contributed by atoms with Crippen molar-refractivity contribution < 1.29 is 13.2 Å². The molecule has 2 amide bonds. The SMILES string of the molecule is CC(C)(CN1CCNC1=O)NS(C)(=O)=O. The normalized spacial score (nSPS) is 18.1. The minimum Gasteiger partial charge on any atom is -0.336 e. The van der Waals surface area contributed by atoms with Crippen molar-refractivity contribution in [1.82, 2.24) is 14.9 Å². The number of rotatable bonds is 4. The molecule has 15 heavy (non-hydrogen) atoms. The Hall–Kier alpha value is -0.820. The molecule has 1 aliphatic rings. The number of nitrogens with zero attached hydrogens (tertiary/aromatic N) is 1. The molecule has 7 heteroatoms. The van der Waals surface area contributed by atoms with Crippen molar-refractivity contribution in [1.29, 1.82) is 0 Å². The maximum atomic E-state index is 11.3. The fourth-order valence-corrected chi connectivity index (χ4v) is 2.74. The molecule has 0 aromatic rings. The Bertz CT molecular complexity index is 350. The van der Waals surface area contributed by atoms with Crippen molar-refractivity contribution in [2.24, 2.45) is 0 Å². The number of sulfonamides is 1. The fourth-order valence-electron chi connectivity index (χ4n) is 1.67. The molecule has 1 fully saturated rings. The summed E-state index contributed by atoms with van der Waals surface area (Å²) in [5.74, 6) is 0. The number of hydrogen-bond donors (Lipinski definition) is 2. The van der Waals surface area contributed by atoms with Gasteiger partial charge in [-0.2, -0.15) is 0 Å². The van der Waals surface area contributed by atoms with Crippen LogP contribution in [0.2, 0.25) is 0 Å². The number of urea groups is 1. The molecular formula is C8H17N3O3S. The largest absolute Gasteiger partial charge is 0.336 e. The molecule has 0 bridgehead atoms.